The van der Waals surface area contributed by atoms with Crippen molar-refractivity contribution in [2.24, 2.45) is 0 Å². The molecule has 0 unspecified atom stereocenters. The van der Waals surface area contributed by atoms with Crippen LogP contribution >= 0.6 is 0 Å². The molecule has 2 rings (SSSR count). The van der Waals surface area contributed by atoms with Gasteiger partial charge in [-0.05, 0) is 43.9 Å². The highest BCUT2D eigenvalue weighted by molar-refractivity contribution is 5.99. The monoisotopic (exact) mass is 357 g/mol. The molecule has 2 amide bonds. The minimum atomic E-state index is -0.292. The second-order valence-electron chi connectivity index (χ2n) is 6.40. The lowest BCUT2D eigenvalue weighted by Crippen LogP contribution is -2.38. The van der Waals surface area contributed by atoms with Gasteiger partial charge >= 0.3 is 0 Å². The van der Waals surface area contributed by atoms with Crippen molar-refractivity contribution in [2.45, 2.75) is 46.5 Å². The summed E-state index contributed by atoms with van der Waals surface area (Å²) in [6.07, 6.45) is 4.07. The fourth-order valence-corrected chi connectivity index (χ4v) is 2.68. The molecule has 0 bridgehead atoms. The minimum Gasteiger partial charge on any atom is -0.360 e. The molecule has 0 fully saturated rings. The lowest BCUT2D eigenvalue weighted by atomic mass is 10.1. The third kappa shape index (κ3) is 5.72. The number of rotatable bonds is 9. The van der Waals surface area contributed by atoms with Crippen molar-refractivity contribution in [3.05, 3.63) is 47.2 Å². The summed E-state index contributed by atoms with van der Waals surface area (Å²) in [6, 6.07) is 9.30. The first-order chi connectivity index (χ1) is 12.5. The molecule has 0 aliphatic heterocycles. The van der Waals surface area contributed by atoms with Crippen LogP contribution in [0.3, 0.4) is 0 Å². The maximum Gasteiger partial charge on any atom is 0.254 e. The normalized spacial score (nSPS) is 10.6. The summed E-state index contributed by atoms with van der Waals surface area (Å²) in [5.74, 6) is 0.543. The smallest absolute Gasteiger partial charge is 0.254 e. The third-order valence-electron chi connectivity index (χ3n) is 4.03. The SMILES string of the molecule is CCCCc1ccc(C(=O)N(CCC)CC(=O)Nc2cc(C)on2)cc1. The number of aryl methyl sites for hydroxylation is 2. The Morgan fingerprint density at radius 1 is 1.15 bits per heavy atom. The molecule has 0 atom stereocenters. The standard InChI is InChI=1S/C20H27N3O3/c1-4-6-7-16-8-10-17(11-9-16)20(25)23(12-5-2)14-19(24)21-18-13-15(3)26-22-18/h8-11,13H,4-7,12,14H2,1-3H3,(H,21,22,24). The molecule has 2 aromatic rings. The topological polar surface area (TPSA) is 75.4 Å². The Balaban J connectivity index is 2.00. The molecule has 1 heterocycles. The largest absolute Gasteiger partial charge is 0.360 e. The minimum absolute atomic E-state index is 0.0177. The Morgan fingerprint density at radius 2 is 1.88 bits per heavy atom. The molecule has 6 heteroatoms. The first kappa shape index (κ1) is 19.7. The van der Waals surface area contributed by atoms with E-state index < -0.39 is 0 Å². The molecule has 0 spiro atoms. The average Bonchev–Trinajstić information content (AvgIpc) is 3.04. The highest BCUT2D eigenvalue weighted by atomic mass is 16.5. The van der Waals surface area contributed by atoms with E-state index >= 15 is 0 Å². The molecule has 1 aromatic carbocycles. The number of anilines is 1. The molecule has 0 saturated heterocycles. The van der Waals surface area contributed by atoms with Crippen molar-refractivity contribution in [3.63, 3.8) is 0 Å². The van der Waals surface area contributed by atoms with Gasteiger partial charge in [0.2, 0.25) is 5.91 Å². The van der Waals surface area contributed by atoms with Crippen molar-refractivity contribution in [3.8, 4) is 0 Å². The molecule has 6 nitrogen and oxygen atoms in total. The number of nitrogens with one attached hydrogen (secondary N) is 1. The zero-order valence-electron chi connectivity index (χ0n) is 15.7. The maximum absolute atomic E-state index is 12.8. The van der Waals surface area contributed by atoms with E-state index in [1.807, 2.05) is 31.2 Å². The average molecular weight is 357 g/mol. The zero-order valence-corrected chi connectivity index (χ0v) is 15.7. The molecule has 0 aliphatic rings. The van der Waals surface area contributed by atoms with Crippen LogP contribution in [0.1, 0.15) is 54.8 Å². The highest BCUT2D eigenvalue weighted by Crippen LogP contribution is 2.12. The van der Waals surface area contributed by atoms with Crippen LogP contribution < -0.4 is 5.32 Å². The van der Waals surface area contributed by atoms with Crippen LogP contribution in [0, 0.1) is 6.92 Å². The van der Waals surface area contributed by atoms with E-state index in [4.69, 9.17) is 4.52 Å². The van der Waals surface area contributed by atoms with Crippen molar-refractivity contribution in [2.75, 3.05) is 18.4 Å². The third-order valence-corrected chi connectivity index (χ3v) is 4.03. The molecular formula is C20H27N3O3. The Bertz CT molecular complexity index is 722. The van der Waals surface area contributed by atoms with Gasteiger partial charge in [-0.3, -0.25) is 9.59 Å². The molecule has 0 aliphatic carbocycles. The van der Waals surface area contributed by atoms with Crippen LogP contribution in [0.5, 0.6) is 0 Å². The fourth-order valence-electron chi connectivity index (χ4n) is 2.68. The summed E-state index contributed by atoms with van der Waals surface area (Å²) in [5.41, 5.74) is 1.83. The summed E-state index contributed by atoms with van der Waals surface area (Å²) in [6.45, 7) is 6.39. The van der Waals surface area contributed by atoms with E-state index in [0.717, 1.165) is 25.7 Å². The molecule has 1 N–H and O–H groups in total. The number of hydrogen-bond donors (Lipinski definition) is 1. The van der Waals surface area contributed by atoms with Gasteiger partial charge < -0.3 is 14.7 Å². The van der Waals surface area contributed by atoms with E-state index in [1.54, 1.807) is 17.9 Å². The second kappa shape index (κ2) is 9.75. The van der Waals surface area contributed by atoms with Gasteiger partial charge in [-0.1, -0.05) is 37.6 Å². The van der Waals surface area contributed by atoms with E-state index in [0.29, 0.717) is 23.7 Å². The number of benzene rings is 1. The van der Waals surface area contributed by atoms with Gasteiger partial charge in [-0.25, -0.2) is 0 Å². The Labute approximate surface area is 154 Å². The van der Waals surface area contributed by atoms with E-state index in [-0.39, 0.29) is 18.4 Å². The zero-order chi connectivity index (χ0) is 18.9. The molecule has 0 saturated carbocycles. The van der Waals surface area contributed by atoms with Crippen LogP contribution in [0.4, 0.5) is 5.82 Å². The van der Waals surface area contributed by atoms with Crippen molar-refractivity contribution in [1.82, 2.24) is 10.1 Å². The van der Waals surface area contributed by atoms with E-state index in [1.165, 1.54) is 5.56 Å². The number of nitrogens with zero attached hydrogens (tertiary/aromatic N) is 2. The molecule has 0 radical (unpaired) electrons. The molecule has 26 heavy (non-hydrogen) atoms. The Hall–Kier alpha value is -2.63. The van der Waals surface area contributed by atoms with Crippen LogP contribution in [-0.4, -0.2) is 35.0 Å². The number of aromatic nitrogens is 1. The lowest BCUT2D eigenvalue weighted by Gasteiger charge is -2.21. The van der Waals surface area contributed by atoms with Crippen LogP contribution in [0.2, 0.25) is 0 Å². The lowest BCUT2D eigenvalue weighted by molar-refractivity contribution is -0.116. The second-order valence-corrected chi connectivity index (χ2v) is 6.40. The predicted molar refractivity (Wildman–Crippen MR) is 101 cm³/mol. The van der Waals surface area contributed by atoms with Crippen LogP contribution in [0.15, 0.2) is 34.9 Å². The van der Waals surface area contributed by atoms with Crippen molar-refractivity contribution < 1.29 is 14.1 Å². The number of hydrogen-bond acceptors (Lipinski definition) is 4. The molecule has 140 valence electrons. The van der Waals surface area contributed by atoms with Gasteiger partial charge in [0.05, 0.1) is 0 Å². The summed E-state index contributed by atoms with van der Waals surface area (Å²) in [7, 11) is 0. The molecular weight excluding hydrogens is 330 g/mol. The number of amides is 2. The van der Waals surface area contributed by atoms with E-state index in [9.17, 15) is 9.59 Å². The van der Waals surface area contributed by atoms with Crippen molar-refractivity contribution in [1.29, 1.82) is 0 Å². The first-order valence-corrected chi connectivity index (χ1v) is 9.14. The summed E-state index contributed by atoms with van der Waals surface area (Å²) in [5, 5.41) is 6.39. The maximum atomic E-state index is 12.8. The van der Waals surface area contributed by atoms with Gasteiger partial charge in [-0.15, -0.1) is 0 Å². The van der Waals surface area contributed by atoms with Crippen LogP contribution in [0.25, 0.3) is 0 Å². The van der Waals surface area contributed by atoms with Gasteiger partial charge in [0.1, 0.15) is 12.3 Å². The summed E-state index contributed by atoms with van der Waals surface area (Å²) in [4.78, 5) is 26.6. The summed E-state index contributed by atoms with van der Waals surface area (Å²) < 4.78 is 4.93. The quantitative estimate of drug-likeness (QED) is 0.740. The van der Waals surface area contributed by atoms with Gasteiger partial charge in [0, 0.05) is 18.2 Å². The van der Waals surface area contributed by atoms with Gasteiger partial charge in [-0.2, -0.15) is 0 Å². The Morgan fingerprint density at radius 3 is 2.46 bits per heavy atom. The first-order valence-electron chi connectivity index (χ1n) is 9.14. The Kier molecular flexibility index (Phi) is 7.38. The van der Waals surface area contributed by atoms with Crippen LogP contribution in [-0.2, 0) is 11.2 Å². The fraction of sp³-hybridized carbons (Fsp3) is 0.450. The van der Waals surface area contributed by atoms with Crippen molar-refractivity contribution >= 4 is 17.6 Å². The van der Waals surface area contributed by atoms with E-state index in [2.05, 4.69) is 17.4 Å². The van der Waals surface area contributed by atoms with Gasteiger partial charge in [0.25, 0.3) is 5.91 Å². The highest BCUT2D eigenvalue weighted by Gasteiger charge is 2.19. The molecule has 1 aromatic heterocycles. The number of carbonyl (C=O) groups excluding carboxylic acids is 2. The number of unbranched alkanes of at least 4 members (excludes halogenated alkanes) is 1. The predicted octanol–water partition coefficient (Wildman–Crippen LogP) is 3.82. The van der Waals surface area contributed by atoms with Gasteiger partial charge in [0.15, 0.2) is 5.82 Å². The summed E-state index contributed by atoms with van der Waals surface area (Å²) >= 11 is 0. The number of carbonyl (C=O) groups is 2.